The van der Waals surface area contributed by atoms with Crippen molar-refractivity contribution in [1.29, 1.82) is 0 Å². The summed E-state index contributed by atoms with van der Waals surface area (Å²) in [5, 5.41) is 6.41. The van der Waals surface area contributed by atoms with Gasteiger partial charge in [0.2, 0.25) is 0 Å². The van der Waals surface area contributed by atoms with E-state index in [-0.39, 0.29) is 24.7 Å². The summed E-state index contributed by atoms with van der Waals surface area (Å²) in [6.45, 7) is 4.94. The van der Waals surface area contributed by atoms with E-state index in [9.17, 15) is 22.8 Å². The monoisotopic (exact) mass is 361 g/mol. The highest BCUT2D eigenvalue weighted by molar-refractivity contribution is 5.95. The van der Waals surface area contributed by atoms with E-state index in [1.165, 1.54) is 18.4 Å². The van der Waals surface area contributed by atoms with Crippen molar-refractivity contribution >= 4 is 23.2 Å². The van der Waals surface area contributed by atoms with Crippen LogP contribution in [-0.4, -0.2) is 45.0 Å². The zero-order chi connectivity index (χ0) is 19.0. The van der Waals surface area contributed by atoms with Gasteiger partial charge in [-0.3, -0.25) is 9.59 Å². The Bertz CT molecular complexity index is 602. The van der Waals surface area contributed by atoms with Gasteiger partial charge in [0.15, 0.2) is 13.1 Å². The second kappa shape index (κ2) is 9.26. The third kappa shape index (κ3) is 6.26. The molecule has 2 amide bonds. The van der Waals surface area contributed by atoms with Crippen LogP contribution in [0.25, 0.3) is 0 Å². The molecule has 0 radical (unpaired) electrons. The van der Waals surface area contributed by atoms with Crippen LogP contribution in [0.1, 0.15) is 19.4 Å². The summed E-state index contributed by atoms with van der Waals surface area (Å²) in [7, 11) is 1.48. The Labute approximate surface area is 144 Å². The molecule has 1 aromatic carbocycles. The first-order chi connectivity index (χ1) is 11.7. The van der Waals surface area contributed by atoms with Gasteiger partial charge >= 0.3 is 6.18 Å². The number of nitrogens with zero attached hydrogens (tertiary/aromatic N) is 1. The van der Waals surface area contributed by atoms with E-state index in [4.69, 9.17) is 0 Å². The fraction of sp³-hybridized carbons (Fsp3) is 0.500. The number of alkyl halides is 3. The number of carbonyl (C=O) groups is 2. The van der Waals surface area contributed by atoms with Crippen LogP contribution in [0.15, 0.2) is 18.2 Å². The van der Waals surface area contributed by atoms with Crippen LogP contribution in [0, 0.1) is 0 Å². The topological polar surface area (TPSA) is 78.1 Å². The van der Waals surface area contributed by atoms with E-state index < -0.39 is 17.6 Å². The number of hydrogen-bond donors (Lipinski definition) is 3. The van der Waals surface area contributed by atoms with Gasteiger partial charge in [-0.1, -0.05) is 0 Å². The smallest absolute Gasteiger partial charge is 0.370 e. The Morgan fingerprint density at radius 3 is 2.24 bits per heavy atom. The van der Waals surface area contributed by atoms with Gasteiger partial charge in [0.25, 0.3) is 11.8 Å². The van der Waals surface area contributed by atoms with Gasteiger partial charge in [-0.05, 0) is 32.0 Å². The van der Waals surface area contributed by atoms with E-state index >= 15 is 0 Å². The molecule has 0 aliphatic carbocycles. The highest BCUT2D eigenvalue weighted by atomic mass is 19.4. The Morgan fingerprint density at radius 1 is 1.12 bits per heavy atom. The standard InChI is InChI=1S/C16H23F3N4O2/c1-4-23(5-2)13-7-6-11(16(17,18)19)8-12(13)22-15(25)10-21-9-14(24)20-3/h6-8,21H,4-5,9-10H2,1-3H3,(H,20,24)(H,22,25)/p+1. The third-order valence-corrected chi connectivity index (χ3v) is 3.64. The molecule has 0 fully saturated rings. The summed E-state index contributed by atoms with van der Waals surface area (Å²) in [5.41, 5.74) is -0.192. The number of nitrogens with two attached hydrogens (primary N) is 1. The lowest BCUT2D eigenvalue weighted by Gasteiger charge is -2.25. The van der Waals surface area contributed by atoms with E-state index in [1.54, 1.807) is 0 Å². The Balaban J connectivity index is 2.96. The zero-order valence-electron chi connectivity index (χ0n) is 14.5. The normalized spacial score (nSPS) is 11.1. The summed E-state index contributed by atoms with van der Waals surface area (Å²) in [6.07, 6.45) is -4.49. The number of anilines is 2. The number of halogens is 3. The molecule has 140 valence electrons. The Hall–Kier alpha value is -2.29. The van der Waals surface area contributed by atoms with Crippen molar-refractivity contribution in [2.45, 2.75) is 20.0 Å². The molecule has 0 saturated heterocycles. The molecular weight excluding hydrogens is 337 g/mol. The Kier molecular flexibility index (Phi) is 7.69. The molecule has 0 aliphatic heterocycles. The van der Waals surface area contributed by atoms with Crippen LogP contribution >= 0.6 is 0 Å². The molecule has 1 aromatic rings. The van der Waals surface area contributed by atoms with Crippen LogP contribution in [0.4, 0.5) is 24.5 Å². The fourth-order valence-corrected chi connectivity index (χ4v) is 2.29. The highest BCUT2D eigenvalue weighted by Crippen LogP contribution is 2.35. The Morgan fingerprint density at radius 2 is 1.72 bits per heavy atom. The van der Waals surface area contributed by atoms with Crippen molar-refractivity contribution in [2.24, 2.45) is 0 Å². The first kappa shape index (κ1) is 20.8. The first-order valence-corrected chi connectivity index (χ1v) is 8.01. The molecule has 0 spiro atoms. The van der Waals surface area contributed by atoms with Crippen molar-refractivity contribution in [3.8, 4) is 0 Å². The summed E-state index contributed by atoms with van der Waals surface area (Å²) >= 11 is 0. The maximum Gasteiger partial charge on any atom is 0.416 e. The first-order valence-electron chi connectivity index (χ1n) is 8.01. The predicted octanol–water partition coefficient (Wildman–Crippen LogP) is 0.800. The van der Waals surface area contributed by atoms with Crippen molar-refractivity contribution in [2.75, 3.05) is 43.4 Å². The van der Waals surface area contributed by atoms with Crippen LogP contribution in [0.3, 0.4) is 0 Å². The second-order valence-corrected chi connectivity index (χ2v) is 5.32. The fourth-order valence-electron chi connectivity index (χ4n) is 2.29. The van der Waals surface area contributed by atoms with Gasteiger partial charge in [-0.2, -0.15) is 13.2 Å². The summed E-state index contributed by atoms with van der Waals surface area (Å²) in [6, 6.07) is 3.30. The maximum absolute atomic E-state index is 13.0. The number of rotatable bonds is 8. The average Bonchev–Trinajstić information content (AvgIpc) is 2.56. The average molecular weight is 361 g/mol. The van der Waals surface area contributed by atoms with Gasteiger partial charge in [-0.15, -0.1) is 0 Å². The largest absolute Gasteiger partial charge is 0.416 e. The van der Waals surface area contributed by atoms with Crippen LogP contribution in [0.5, 0.6) is 0 Å². The quantitative estimate of drug-likeness (QED) is 0.641. The number of amides is 2. The van der Waals surface area contributed by atoms with Gasteiger partial charge < -0.3 is 20.9 Å². The molecule has 25 heavy (non-hydrogen) atoms. The van der Waals surface area contributed by atoms with Crippen molar-refractivity contribution in [3.63, 3.8) is 0 Å². The summed E-state index contributed by atoms with van der Waals surface area (Å²) < 4.78 is 38.9. The molecule has 0 saturated carbocycles. The van der Waals surface area contributed by atoms with Crippen molar-refractivity contribution in [3.05, 3.63) is 23.8 Å². The minimum Gasteiger partial charge on any atom is -0.370 e. The van der Waals surface area contributed by atoms with Crippen molar-refractivity contribution in [1.82, 2.24) is 5.32 Å². The molecule has 0 atom stereocenters. The van der Waals surface area contributed by atoms with E-state index in [2.05, 4.69) is 10.6 Å². The molecule has 0 unspecified atom stereocenters. The van der Waals surface area contributed by atoms with Crippen LogP contribution < -0.4 is 20.9 Å². The highest BCUT2D eigenvalue weighted by Gasteiger charge is 2.31. The van der Waals surface area contributed by atoms with E-state index in [1.807, 2.05) is 18.7 Å². The molecule has 0 aliphatic rings. The van der Waals surface area contributed by atoms with Gasteiger partial charge in [0.05, 0.1) is 16.9 Å². The summed E-state index contributed by atoms with van der Waals surface area (Å²) in [5.74, 6) is -0.715. The van der Waals surface area contributed by atoms with E-state index in [0.29, 0.717) is 18.8 Å². The minimum atomic E-state index is -4.49. The number of nitrogens with one attached hydrogen (secondary N) is 2. The molecule has 0 aromatic heterocycles. The van der Waals surface area contributed by atoms with Crippen molar-refractivity contribution < 1.29 is 28.1 Å². The third-order valence-electron chi connectivity index (χ3n) is 3.64. The molecule has 0 bridgehead atoms. The van der Waals surface area contributed by atoms with Gasteiger partial charge in [0.1, 0.15) is 0 Å². The number of hydrogen-bond acceptors (Lipinski definition) is 3. The van der Waals surface area contributed by atoms with Gasteiger partial charge in [-0.25, -0.2) is 0 Å². The number of carbonyl (C=O) groups excluding carboxylic acids is 2. The lowest BCUT2D eigenvalue weighted by atomic mass is 10.1. The lowest BCUT2D eigenvalue weighted by molar-refractivity contribution is -0.632. The zero-order valence-corrected chi connectivity index (χ0v) is 14.5. The number of likely N-dealkylation sites (N-methyl/N-ethyl adjacent to an activating group) is 1. The van der Waals surface area contributed by atoms with Crippen LogP contribution in [0.2, 0.25) is 0 Å². The maximum atomic E-state index is 13.0. The minimum absolute atomic E-state index is 0.0649. The lowest BCUT2D eigenvalue weighted by Crippen LogP contribution is -2.88. The van der Waals surface area contributed by atoms with E-state index in [0.717, 1.165) is 12.1 Å². The number of benzene rings is 1. The second-order valence-electron chi connectivity index (χ2n) is 5.32. The SMILES string of the molecule is CCN(CC)c1ccc(C(F)(F)F)cc1NC(=O)C[NH2+]CC(=O)NC. The molecule has 1 rings (SSSR count). The summed E-state index contributed by atoms with van der Waals surface area (Å²) in [4.78, 5) is 25.0. The predicted molar refractivity (Wildman–Crippen MR) is 89.4 cm³/mol. The van der Waals surface area contributed by atoms with Crippen LogP contribution in [-0.2, 0) is 15.8 Å². The van der Waals surface area contributed by atoms with Gasteiger partial charge in [0, 0.05) is 20.1 Å². The molecule has 4 N–H and O–H groups in total. The molecule has 6 nitrogen and oxygen atoms in total. The number of quaternary nitrogens is 1. The molecular formula is C16H24F3N4O2+. The molecule has 9 heteroatoms. The molecule has 0 heterocycles.